The smallest absolute Gasteiger partial charge is 0.231 e. The quantitative estimate of drug-likeness (QED) is 0.829. The summed E-state index contributed by atoms with van der Waals surface area (Å²) < 4.78 is 12.8. The van der Waals surface area contributed by atoms with E-state index in [0.717, 1.165) is 31.9 Å². The predicted molar refractivity (Wildman–Crippen MR) is 64.2 cm³/mol. The summed E-state index contributed by atoms with van der Waals surface area (Å²) in [6.45, 7) is 3.59. The molecular weight excluding hydrogens is 221 g/mol. The van der Waals surface area contributed by atoms with Crippen molar-refractivity contribution in [2.24, 2.45) is 5.73 Å². The highest BCUT2D eigenvalue weighted by Crippen LogP contribution is 2.16. The van der Waals surface area contributed by atoms with E-state index in [0.29, 0.717) is 6.54 Å². The number of carbonyl (C=O) groups is 1. The summed E-state index contributed by atoms with van der Waals surface area (Å²) >= 11 is 0. The molecule has 1 saturated heterocycles. The van der Waals surface area contributed by atoms with Crippen molar-refractivity contribution in [2.75, 3.05) is 37.6 Å². The normalized spacial score (nSPS) is 17.1. The fourth-order valence-electron chi connectivity index (χ4n) is 2.04. The van der Waals surface area contributed by atoms with Crippen LogP contribution in [0.15, 0.2) is 24.3 Å². The third kappa shape index (κ3) is 3.17. The van der Waals surface area contributed by atoms with Crippen LogP contribution in [-0.2, 0) is 4.79 Å². The van der Waals surface area contributed by atoms with Gasteiger partial charge in [-0.1, -0.05) is 0 Å². The topological polar surface area (TPSA) is 49.6 Å². The van der Waals surface area contributed by atoms with Crippen molar-refractivity contribution in [3.8, 4) is 0 Å². The first-order valence-corrected chi connectivity index (χ1v) is 5.66. The number of hydrogen-bond acceptors (Lipinski definition) is 3. The van der Waals surface area contributed by atoms with Crippen LogP contribution in [0.3, 0.4) is 0 Å². The van der Waals surface area contributed by atoms with Crippen LogP contribution in [-0.4, -0.2) is 43.5 Å². The van der Waals surface area contributed by atoms with Crippen LogP contribution in [0.1, 0.15) is 0 Å². The maximum atomic E-state index is 12.8. The molecule has 1 amide bonds. The maximum Gasteiger partial charge on any atom is 0.231 e. The van der Waals surface area contributed by atoms with E-state index < -0.39 is 0 Å². The molecule has 0 unspecified atom stereocenters. The molecule has 1 aromatic rings. The van der Waals surface area contributed by atoms with Crippen molar-refractivity contribution in [3.63, 3.8) is 0 Å². The number of rotatable bonds is 3. The van der Waals surface area contributed by atoms with E-state index >= 15 is 0 Å². The molecule has 1 aromatic carbocycles. The molecule has 92 valence electrons. The number of nitrogens with two attached hydrogens (primary N) is 1. The van der Waals surface area contributed by atoms with E-state index in [2.05, 4.69) is 4.90 Å². The van der Waals surface area contributed by atoms with Crippen LogP contribution in [0.5, 0.6) is 0 Å². The van der Waals surface area contributed by atoms with Gasteiger partial charge in [0.25, 0.3) is 0 Å². The van der Waals surface area contributed by atoms with Crippen molar-refractivity contribution in [1.29, 1.82) is 0 Å². The third-order valence-corrected chi connectivity index (χ3v) is 2.94. The highest BCUT2D eigenvalue weighted by atomic mass is 19.1. The maximum absolute atomic E-state index is 12.8. The van der Waals surface area contributed by atoms with Gasteiger partial charge in [0.2, 0.25) is 5.91 Å². The lowest BCUT2D eigenvalue weighted by molar-refractivity contribution is -0.119. The molecule has 1 aliphatic rings. The Labute approximate surface area is 99.8 Å². The first-order valence-electron chi connectivity index (χ1n) is 5.66. The van der Waals surface area contributed by atoms with Crippen LogP contribution in [0.25, 0.3) is 0 Å². The number of halogens is 1. The van der Waals surface area contributed by atoms with E-state index in [4.69, 9.17) is 5.73 Å². The zero-order chi connectivity index (χ0) is 12.3. The Kier molecular flexibility index (Phi) is 3.58. The SMILES string of the molecule is NC(=O)CN1CCN(c2ccc(F)cc2)CC1. The van der Waals surface area contributed by atoms with Gasteiger partial charge in [-0.3, -0.25) is 9.69 Å². The van der Waals surface area contributed by atoms with E-state index in [1.165, 1.54) is 12.1 Å². The first kappa shape index (κ1) is 11.9. The molecule has 0 atom stereocenters. The zero-order valence-corrected chi connectivity index (χ0v) is 9.60. The Hall–Kier alpha value is -1.62. The molecule has 0 saturated carbocycles. The van der Waals surface area contributed by atoms with Gasteiger partial charge in [0.1, 0.15) is 5.82 Å². The van der Waals surface area contributed by atoms with Gasteiger partial charge in [-0.25, -0.2) is 4.39 Å². The Balaban J connectivity index is 1.90. The molecule has 4 nitrogen and oxygen atoms in total. The van der Waals surface area contributed by atoms with E-state index in [1.807, 2.05) is 4.90 Å². The number of piperazine rings is 1. The van der Waals surface area contributed by atoms with Crippen LogP contribution >= 0.6 is 0 Å². The molecule has 0 bridgehead atoms. The third-order valence-electron chi connectivity index (χ3n) is 2.94. The molecule has 2 rings (SSSR count). The van der Waals surface area contributed by atoms with Crippen molar-refractivity contribution in [2.45, 2.75) is 0 Å². The first-order chi connectivity index (χ1) is 8.15. The van der Waals surface area contributed by atoms with E-state index in [1.54, 1.807) is 12.1 Å². The molecule has 1 fully saturated rings. The van der Waals surface area contributed by atoms with Crippen molar-refractivity contribution >= 4 is 11.6 Å². The number of hydrogen-bond donors (Lipinski definition) is 1. The molecule has 17 heavy (non-hydrogen) atoms. The Bertz CT molecular complexity index is 385. The number of benzene rings is 1. The zero-order valence-electron chi connectivity index (χ0n) is 9.60. The van der Waals surface area contributed by atoms with Gasteiger partial charge in [0, 0.05) is 31.9 Å². The lowest BCUT2D eigenvalue weighted by Crippen LogP contribution is -2.48. The molecule has 5 heteroatoms. The molecule has 0 aliphatic carbocycles. The molecule has 0 aromatic heterocycles. The van der Waals surface area contributed by atoms with E-state index in [9.17, 15) is 9.18 Å². The van der Waals surface area contributed by atoms with Crippen molar-refractivity contribution in [3.05, 3.63) is 30.1 Å². The minimum Gasteiger partial charge on any atom is -0.369 e. The monoisotopic (exact) mass is 237 g/mol. The minimum atomic E-state index is -0.291. The Morgan fingerprint density at radius 2 is 1.76 bits per heavy atom. The van der Waals surface area contributed by atoms with Gasteiger partial charge < -0.3 is 10.6 Å². The second kappa shape index (κ2) is 5.14. The van der Waals surface area contributed by atoms with Crippen LogP contribution in [0.4, 0.5) is 10.1 Å². The fraction of sp³-hybridized carbons (Fsp3) is 0.417. The van der Waals surface area contributed by atoms with Gasteiger partial charge >= 0.3 is 0 Å². The second-order valence-electron chi connectivity index (χ2n) is 4.21. The lowest BCUT2D eigenvalue weighted by atomic mass is 10.2. The van der Waals surface area contributed by atoms with Crippen LogP contribution < -0.4 is 10.6 Å². The number of amides is 1. The fourth-order valence-corrected chi connectivity index (χ4v) is 2.04. The molecule has 1 aliphatic heterocycles. The number of anilines is 1. The van der Waals surface area contributed by atoms with Gasteiger partial charge in [-0.05, 0) is 24.3 Å². The van der Waals surface area contributed by atoms with Crippen LogP contribution in [0.2, 0.25) is 0 Å². The summed E-state index contributed by atoms with van der Waals surface area (Å²) in [5, 5.41) is 0. The van der Waals surface area contributed by atoms with Crippen molar-refractivity contribution in [1.82, 2.24) is 4.90 Å². The second-order valence-corrected chi connectivity index (χ2v) is 4.21. The molecule has 2 N–H and O–H groups in total. The Morgan fingerprint density at radius 1 is 1.18 bits per heavy atom. The molecular formula is C12H16FN3O. The summed E-state index contributed by atoms with van der Waals surface area (Å²) in [4.78, 5) is 15.0. The summed E-state index contributed by atoms with van der Waals surface area (Å²) in [5.41, 5.74) is 6.17. The van der Waals surface area contributed by atoms with Gasteiger partial charge in [-0.15, -0.1) is 0 Å². The summed E-state index contributed by atoms with van der Waals surface area (Å²) in [5.74, 6) is -0.513. The molecule has 1 heterocycles. The molecule has 0 spiro atoms. The molecule has 0 radical (unpaired) electrons. The number of nitrogens with zero attached hydrogens (tertiary/aromatic N) is 2. The lowest BCUT2D eigenvalue weighted by Gasteiger charge is -2.35. The summed E-state index contributed by atoms with van der Waals surface area (Å²) in [7, 11) is 0. The van der Waals surface area contributed by atoms with Gasteiger partial charge in [-0.2, -0.15) is 0 Å². The van der Waals surface area contributed by atoms with Crippen molar-refractivity contribution < 1.29 is 9.18 Å². The van der Waals surface area contributed by atoms with Gasteiger partial charge in [0.15, 0.2) is 0 Å². The average Bonchev–Trinajstić information content (AvgIpc) is 2.30. The standard InChI is InChI=1S/C12H16FN3O/c13-10-1-3-11(4-2-10)16-7-5-15(6-8-16)9-12(14)17/h1-4H,5-9H2,(H2,14,17). The number of primary amides is 1. The number of carbonyl (C=O) groups excluding carboxylic acids is 1. The van der Waals surface area contributed by atoms with Crippen LogP contribution in [0, 0.1) is 5.82 Å². The highest BCUT2D eigenvalue weighted by molar-refractivity contribution is 5.75. The summed E-state index contributed by atoms with van der Waals surface area (Å²) in [6.07, 6.45) is 0. The predicted octanol–water partition coefficient (Wildman–Crippen LogP) is 0.433. The summed E-state index contributed by atoms with van der Waals surface area (Å²) in [6, 6.07) is 6.48. The van der Waals surface area contributed by atoms with Gasteiger partial charge in [0.05, 0.1) is 6.54 Å². The Morgan fingerprint density at radius 3 is 2.29 bits per heavy atom. The average molecular weight is 237 g/mol. The van der Waals surface area contributed by atoms with E-state index in [-0.39, 0.29) is 11.7 Å². The highest BCUT2D eigenvalue weighted by Gasteiger charge is 2.18. The largest absolute Gasteiger partial charge is 0.369 e. The minimum absolute atomic E-state index is 0.221.